The fourth-order valence-corrected chi connectivity index (χ4v) is 2.17. The van der Waals surface area contributed by atoms with Crippen LogP contribution < -0.4 is 0 Å². The molecule has 0 N–H and O–H groups in total. The maximum atomic E-state index is 12.3. The molecule has 1 amide bonds. The summed E-state index contributed by atoms with van der Waals surface area (Å²) in [6, 6.07) is 6.06. The number of aryl methyl sites for hydroxylation is 1. The van der Waals surface area contributed by atoms with Gasteiger partial charge < -0.3 is 4.90 Å². The summed E-state index contributed by atoms with van der Waals surface area (Å²) in [6.07, 6.45) is 3.12. The fraction of sp³-hybridized carbons (Fsp3) is 0.500. The first-order chi connectivity index (χ1) is 8.56. The molecule has 94 valence electrons. The Kier molecular flexibility index (Phi) is 3.33. The Hall–Kier alpha value is -1.89. The van der Waals surface area contributed by atoms with Crippen molar-refractivity contribution in [1.29, 1.82) is 5.26 Å². The van der Waals surface area contributed by atoms with Crippen molar-refractivity contribution in [3.63, 3.8) is 0 Å². The van der Waals surface area contributed by atoms with Gasteiger partial charge in [-0.15, -0.1) is 0 Å². The lowest BCUT2D eigenvalue weighted by molar-refractivity contribution is 0.0655. The summed E-state index contributed by atoms with van der Waals surface area (Å²) >= 11 is 0. The van der Waals surface area contributed by atoms with Gasteiger partial charge in [-0.3, -0.25) is 9.78 Å². The van der Waals surface area contributed by atoms with Crippen molar-refractivity contribution in [2.24, 2.45) is 5.41 Å². The van der Waals surface area contributed by atoms with Crippen LogP contribution in [0.25, 0.3) is 0 Å². The highest BCUT2D eigenvalue weighted by Gasteiger charge is 2.32. The highest BCUT2D eigenvalue weighted by atomic mass is 16.2. The van der Waals surface area contributed by atoms with E-state index in [1.54, 1.807) is 11.1 Å². The number of likely N-dealkylation sites (tertiary alicyclic amines) is 1. The summed E-state index contributed by atoms with van der Waals surface area (Å²) in [5.41, 5.74) is 1.14. The second-order valence-electron chi connectivity index (χ2n) is 5.13. The highest BCUT2D eigenvalue weighted by molar-refractivity contribution is 5.93. The SMILES string of the molecule is Cc1cccnc1C(=O)N1CCC(C)(C#N)CC1. The van der Waals surface area contributed by atoms with E-state index in [-0.39, 0.29) is 11.3 Å². The van der Waals surface area contributed by atoms with Gasteiger partial charge in [0.1, 0.15) is 5.69 Å². The molecule has 4 heteroatoms. The predicted octanol–water partition coefficient (Wildman–Crippen LogP) is 2.16. The van der Waals surface area contributed by atoms with Crippen LogP contribution in [0.1, 0.15) is 35.8 Å². The molecule has 1 saturated heterocycles. The fourth-order valence-electron chi connectivity index (χ4n) is 2.17. The van der Waals surface area contributed by atoms with E-state index in [0.717, 1.165) is 18.4 Å². The van der Waals surface area contributed by atoms with Gasteiger partial charge in [0.25, 0.3) is 5.91 Å². The lowest BCUT2D eigenvalue weighted by Crippen LogP contribution is -2.42. The largest absolute Gasteiger partial charge is 0.337 e. The van der Waals surface area contributed by atoms with Gasteiger partial charge in [-0.25, -0.2) is 0 Å². The zero-order valence-electron chi connectivity index (χ0n) is 10.8. The molecule has 0 spiro atoms. The van der Waals surface area contributed by atoms with Crippen LogP contribution in [0, 0.1) is 23.7 Å². The Bertz CT molecular complexity index is 496. The molecule has 0 radical (unpaired) electrons. The van der Waals surface area contributed by atoms with Crippen LogP contribution in [-0.4, -0.2) is 28.9 Å². The lowest BCUT2D eigenvalue weighted by atomic mass is 9.82. The number of nitrogens with zero attached hydrogens (tertiary/aromatic N) is 3. The summed E-state index contributed by atoms with van der Waals surface area (Å²) < 4.78 is 0. The number of hydrogen-bond donors (Lipinski definition) is 0. The van der Waals surface area contributed by atoms with E-state index < -0.39 is 0 Å². The molecule has 0 unspecified atom stereocenters. The van der Waals surface area contributed by atoms with E-state index in [1.807, 2.05) is 26.0 Å². The smallest absolute Gasteiger partial charge is 0.272 e. The van der Waals surface area contributed by atoms with E-state index in [2.05, 4.69) is 11.1 Å². The summed E-state index contributed by atoms with van der Waals surface area (Å²) in [5, 5.41) is 9.07. The molecule has 1 fully saturated rings. The first kappa shape index (κ1) is 12.6. The summed E-state index contributed by atoms with van der Waals surface area (Å²) in [7, 11) is 0. The van der Waals surface area contributed by atoms with Crippen molar-refractivity contribution in [3.8, 4) is 6.07 Å². The zero-order chi connectivity index (χ0) is 13.2. The van der Waals surface area contributed by atoms with Gasteiger partial charge in [0, 0.05) is 19.3 Å². The average molecular weight is 243 g/mol. The molecule has 2 heterocycles. The second-order valence-corrected chi connectivity index (χ2v) is 5.13. The van der Waals surface area contributed by atoms with Gasteiger partial charge in [0.15, 0.2) is 0 Å². The van der Waals surface area contributed by atoms with Crippen LogP contribution >= 0.6 is 0 Å². The van der Waals surface area contributed by atoms with E-state index in [4.69, 9.17) is 5.26 Å². The second kappa shape index (κ2) is 4.77. The minimum Gasteiger partial charge on any atom is -0.337 e. The Balaban J connectivity index is 2.10. The van der Waals surface area contributed by atoms with Crippen molar-refractivity contribution < 1.29 is 4.79 Å². The van der Waals surface area contributed by atoms with Gasteiger partial charge in [-0.05, 0) is 38.3 Å². The number of aromatic nitrogens is 1. The van der Waals surface area contributed by atoms with Crippen molar-refractivity contribution in [3.05, 3.63) is 29.6 Å². The van der Waals surface area contributed by atoms with Crippen LogP contribution in [0.15, 0.2) is 18.3 Å². The molecule has 1 aromatic heterocycles. The third-order valence-corrected chi connectivity index (χ3v) is 3.64. The molecule has 1 aliphatic rings. The van der Waals surface area contributed by atoms with E-state index in [1.165, 1.54) is 0 Å². The molecule has 0 aromatic carbocycles. The molecule has 0 aliphatic carbocycles. The quantitative estimate of drug-likeness (QED) is 0.759. The molecule has 0 saturated carbocycles. The minimum absolute atomic E-state index is 0.0203. The number of hydrogen-bond acceptors (Lipinski definition) is 3. The summed E-state index contributed by atoms with van der Waals surface area (Å²) in [5.74, 6) is -0.0203. The van der Waals surface area contributed by atoms with Gasteiger partial charge in [-0.1, -0.05) is 6.07 Å². The highest BCUT2D eigenvalue weighted by Crippen LogP contribution is 2.30. The third-order valence-electron chi connectivity index (χ3n) is 3.64. The Morgan fingerprint density at radius 3 is 2.72 bits per heavy atom. The number of carbonyl (C=O) groups is 1. The van der Waals surface area contributed by atoms with Gasteiger partial charge in [-0.2, -0.15) is 5.26 Å². The predicted molar refractivity (Wildman–Crippen MR) is 67.8 cm³/mol. The zero-order valence-corrected chi connectivity index (χ0v) is 10.8. The molecule has 0 atom stereocenters. The van der Waals surface area contributed by atoms with E-state index in [9.17, 15) is 4.79 Å². The number of carbonyl (C=O) groups excluding carboxylic acids is 1. The first-order valence-corrected chi connectivity index (χ1v) is 6.18. The molecule has 0 bridgehead atoms. The molecule has 2 rings (SSSR count). The molecular weight excluding hydrogens is 226 g/mol. The Morgan fingerprint density at radius 2 is 2.17 bits per heavy atom. The van der Waals surface area contributed by atoms with Crippen LogP contribution in [0.4, 0.5) is 0 Å². The number of piperidine rings is 1. The van der Waals surface area contributed by atoms with Crippen molar-refractivity contribution in [1.82, 2.24) is 9.88 Å². The Morgan fingerprint density at radius 1 is 1.50 bits per heavy atom. The summed E-state index contributed by atoms with van der Waals surface area (Å²) in [4.78, 5) is 18.3. The number of pyridine rings is 1. The van der Waals surface area contributed by atoms with Gasteiger partial charge >= 0.3 is 0 Å². The molecule has 4 nitrogen and oxygen atoms in total. The molecule has 1 aliphatic heterocycles. The van der Waals surface area contributed by atoms with E-state index >= 15 is 0 Å². The molecular formula is C14H17N3O. The molecule has 1 aromatic rings. The van der Waals surface area contributed by atoms with Crippen LogP contribution in [0.5, 0.6) is 0 Å². The van der Waals surface area contributed by atoms with Crippen molar-refractivity contribution in [2.75, 3.05) is 13.1 Å². The average Bonchev–Trinajstić information content (AvgIpc) is 2.39. The number of amides is 1. The van der Waals surface area contributed by atoms with Gasteiger partial charge in [0.2, 0.25) is 0 Å². The standard InChI is InChI=1S/C14H17N3O/c1-11-4-3-7-16-12(11)13(18)17-8-5-14(2,10-15)6-9-17/h3-4,7H,5-6,8-9H2,1-2H3. The topological polar surface area (TPSA) is 57.0 Å². The Labute approximate surface area is 107 Å². The third kappa shape index (κ3) is 2.35. The number of rotatable bonds is 1. The monoisotopic (exact) mass is 243 g/mol. The van der Waals surface area contributed by atoms with Crippen molar-refractivity contribution >= 4 is 5.91 Å². The van der Waals surface area contributed by atoms with E-state index in [0.29, 0.717) is 18.8 Å². The number of nitriles is 1. The van der Waals surface area contributed by atoms with Gasteiger partial charge in [0.05, 0.1) is 11.5 Å². The minimum atomic E-state index is -0.282. The van der Waals surface area contributed by atoms with Crippen molar-refractivity contribution in [2.45, 2.75) is 26.7 Å². The lowest BCUT2D eigenvalue weighted by Gasteiger charge is -2.34. The maximum absolute atomic E-state index is 12.3. The van der Waals surface area contributed by atoms with Crippen LogP contribution in [-0.2, 0) is 0 Å². The van der Waals surface area contributed by atoms with Crippen LogP contribution in [0.3, 0.4) is 0 Å². The van der Waals surface area contributed by atoms with Crippen LogP contribution in [0.2, 0.25) is 0 Å². The molecule has 18 heavy (non-hydrogen) atoms. The maximum Gasteiger partial charge on any atom is 0.272 e. The summed E-state index contributed by atoms with van der Waals surface area (Å²) in [6.45, 7) is 5.13. The first-order valence-electron chi connectivity index (χ1n) is 6.18. The normalized spacial score (nSPS) is 18.2.